The Bertz CT molecular complexity index is 1050. The lowest BCUT2D eigenvalue weighted by Gasteiger charge is -2.31. The summed E-state index contributed by atoms with van der Waals surface area (Å²) in [7, 11) is 5.54. The standard InChI is InChI=1S/C53H99NO7/c1-6-8-10-12-14-16-18-20-22-24-26-28-30-32-34-36-38-40-42-44-52(56)61-49(47-59-46-45-50(53(57)58)54(3,4)5)48-60-51(55)43-41-39-37-35-33-31-29-27-25-23-21-19-17-15-13-11-9-7-2/h24,26-27,29,49-50H,6-23,25,28,30-48H2,1-5H3/p+1/b26-24+,29-27+. The number of hydrogen-bond donors (Lipinski definition) is 1. The van der Waals surface area contributed by atoms with Gasteiger partial charge in [0, 0.05) is 19.3 Å². The molecule has 0 bridgehead atoms. The number of carboxylic acid groups (broad SMARTS) is 1. The van der Waals surface area contributed by atoms with Crippen LogP contribution in [0.15, 0.2) is 24.3 Å². The Balaban J connectivity index is 4.25. The fourth-order valence-corrected chi connectivity index (χ4v) is 7.79. The van der Waals surface area contributed by atoms with Crippen molar-refractivity contribution in [1.82, 2.24) is 0 Å². The topological polar surface area (TPSA) is 99.1 Å². The van der Waals surface area contributed by atoms with Crippen molar-refractivity contribution >= 4 is 17.9 Å². The number of carbonyl (C=O) groups is 3. The van der Waals surface area contributed by atoms with Crippen LogP contribution in [0.1, 0.15) is 245 Å². The summed E-state index contributed by atoms with van der Waals surface area (Å²) in [5, 5.41) is 9.65. The van der Waals surface area contributed by atoms with Gasteiger partial charge in [0.05, 0.1) is 34.4 Å². The Morgan fingerprint density at radius 3 is 1.18 bits per heavy atom. The van der Waals surface area contributed by atoms with Gasteiger partial charge in [0.1, 0.15) is 6.61 Å². The molecule has 0 saturated carbocycles. The average Bonchev–Trinajstić information content (AvgIpc) is 3.22. The van der Waals surface area contributed by atoms with Crippen LogP contribution in [-0.2, 0) is 28.6 Å². The van der Waals surface area contributed by atoms with Gasteiger partial charge in [-0.2, -0.15) is 0 Å². The lowest BCUT2D eigenvalue weighted by molar-refractivity contribution is -0.887. The fraction of sp³-hybridized carbons (Fsp3) is 0.868. The van der Waals surface area contributed by atoms with E-state index in [1.807, 2.05) is 21.1 Å². The van der Waals surface area contributed by atoms with Crippen molar-refractivity contribution < 1.29 is 38.2 Å². The van der Waals surface area contributed by atoms with E-state index in [9.17, 15) is 19.5 Å². The van der Waals surface area contributed by atoms with Crippen LogP contribution in [-0.4, -0.2) is 80.6 Å². The second kappa shape index (κ2) is 44.4. The van der Waals surface area contributed by atoms with E-state index in [0.29, 0.717) is 19.3 Å². The van der Waals surface area contributed by atoms with Gasteiger partial charge in [0.15, 0.2) is 12.1 Å². The molecule has 2 atom stereocenters. The van der Waals surface area contributed by atoms with Gasteiger partial charge < -0.3 is 23.8 Å². The van der Waals surface area contributed by atoms with E-state index in [2.05, 4.69) is 38.2 Å². The average molecular weight is 863 g/mol. The van der Waals surface area contributed by atoms with E-state index in [1.54, 1.807) is 0 Å². The van der Waals surface area contributed by atoms with Crippen LogP contribution in [0.2, 0.25) is 0 Å². The van der Waals surface area contributed by atoms with E-state index in [-0.39, 0.29) is 36.2 Å². The molecular weight excluding hydrogens is 763 g/mol. The zero-order valence-corrected chi connectivity index (χ0v) is 40.9. The molecular formula is C53H100NO7+. The summed E-state index contributed by atoms with van der Waals surface area (Å²) >= 11 is 0. The zero-order chi connectivity index (χ0) is 44.9. The van der Waals surface area contributed by atoms with Gasteiger partial charge in [-0.25, -0.2) is 4.79 Å². The van der Waals surface area contributed by atoms with Crippen molar-refractivity contribution in [2.45, 2.75) is 257 Å². The molecule has 8 nitrogen and oxygen atoms in total. The molecule has 0 radical (unpaired) electrons. The van der Waals surface area contributed by atoms with Crippen LogP contribution in [0.5, 0.6) is 0 Å². The highest BCUT2D eigenvalue weighted by molar-refractivity contribution is 5.72. The van der Waals surface area contributed by atoms with E-state index in [4.69, 9.17) is 14.2 Å². The molecule has 0 rings (SSSR count). The molecule has 358 valence electrons. The molecule has 0 aliphatic heterocycles. The number of allylic oxidation sites excluding steroid dienone is 4. The molecule has 0 aromatic carbocycles. The van der Waals surface area contributed by atoms with Crippen LogP contribution in [0.3, 0.4) is 0 Å². The Labute approximate surface area is 377 Å². The highest BCUT2D eigenvalue weighted by Crippen LogP contribution is 2.15. The summed E-state index contributed by atoms with van der Waals surface area (Å²) in [5.41, 5.74) is 0. The third-order valence-electron chi connectivity index (χ3n) is 11.8. The smallest absolute Gasteiger partial charge is 0.362 e. The van der Waals surface area contributed by atoms with Crippen LogP contribution in [0, 0.1) is 0 Å². The molecule has 0 amide bonds. The van der Waals surface area contributed by atoms with Crippen molar-refractivity contribution in [2.75, 3.05) is 41.0 Å². The number of unbranched alkanes of at least 4 members (excludes halogenated alkanes) is 29. The third-order valence-corrected chi connectivity index (χ3v) is 11.8. The molecule has 0 aromatic heterocycles. The number of esters is 2. The van der Waals surface area contributed by atoms with E-state index < -0.39 is 18.1 Å². The van der Waals surface area contributed by atoms with Crippen molar-refractivity contribution in [1.29, 1.82) is 0 Å². The first-order valence-electron chi connectivity index (χ1n) is 25.9. The fourth-order valence-electron chi connectivity index (χ4n) is 7.79. The predicted octanol–water partition coefficient (Wildman–Crippen LogP) is 14.8. The molecule has 0 saturated heterocycles. The maximum atomic E-state index is 12.8. The summed E-state index contributed by atoms with van der Waals surface area (Å²) in [6.07, 6.45) is 50.8. The highest BCUT2D eigenvalue weighted by Gasteiger charge is 2.31. The highest BCUT2D eigenvalue weighted by atomic mass is 16.6. The van der Waals surface area contributed by atoms with Gasteiger partial charge in [-0.1, -0.05) is 186 Å². The van der Waals surface area contributed by atoms with Gasteiger partial charge in [0.25, 0.3) is 0 Å². The van der Waals surface area contributed by atoms with E-state index in [1.165, 1.54) is 167 Å². The third kappa shape index (κ3) is 42.9. The molecule has 2 unspecified atom stereocenters. The van der Waals surface area contributed by atoms with Crippen molar-refractivity contribution in [3.8, 4) is 0 Å². The van der Waals surface area contributed by atoms with Crippen LogP contribution >= 0.6 is 0 Å². The second-order valence-corrected chi connectivity index (χ2v) is 18.8. The van der Waals surface area contributed by atoms with Crippen molar-refractivity contribution in [2.24, 2.45) is 0 Å². The number of nitrogens with zero attached hydrogens (tertiary/aromatic N) is 1. The lowest BCUT2D eigenvalue weighted by Crippen LogP contribution is -2.50. The van der Waals surface area contributed by atoms with Crippen LogP contribution < -0.4 is 0 Å². The largest absolute Gasteiger partial charge is 0.477 e. The minimum atomic E-state index is -0.874. The minimum Gasteiger partial charge on any atom is -0.477 e. The summed E-state index contributed by atoms with van der Waals surface area (Å²) in [4.78, 5) is 37.1. The molecule has 0 heterocycles. The molecule has 8 heteroatoms. The van der Waals surface area contributed by atoms with Gasteiger partial charge in [-0.15, -0.1) is 0 Å². The zero-order valence-electron chi connectivity index (χ0n) is 40.9. The number of hydrogen-bond acceptors (Lipinski definition) is 6. The molecule has 0 spiro atoms. The molecule has 0 aromatic rings. The summed E-state index contributed by atoms with van der Waals surface area (Å²) in [6.45, 7) is 4.76. The summed E-state index contributed by atoms with van der Waals surface area (Å²) in [6, 6.07) is -0.615. The van der Waals surface area contributed by atoms with Crippen molar-refractivity contribution in [3.05, 3.63) is 24.3 Å². The summed E-state index contributed by atoms with van der Waals surface area (Å²) < 4.78 is 17.4. The summed E-state index contributed by atoms with van der Waals surface area (Å²) in [5.74, 6) is -1.47. The van der Waals surface area contributed by atoms with E-state index in [0.717, 1.165) is 44.9 Å². The molecule has 0 aliphatic carbocycles. The first-order valence-corrected chi connectivity index (χ1v) is 25.9. The van der Waals surface area contributed by atoms with Crippen LogP contribution in [0.25, 0.3) is 0 Å². The number of carbonyl (C=O) groups excluding carboxylic acids is 2. The Kier molecular flexibility index (Phi) is 42.8. The monoisotopic (exact) mass is 863 g/mol. The second-order valence-electron chi connectivity index (χ2n) is 18.8. The SMILES string of the molecule is CCCCCCCCCC/C=C/CCCCCCCCCC(=O)OC(COCCC(C(=O)O)[N+](C)(C)C)COC(=O)CCCCCCC/C=C/CCCCCCCCCCC. The quantitative estimate of drug-likeness (QED) is 0.0281. The van der Waals surface area contributed by atoms with Crippen molar-refractivity contribution in [3.63, 3.8) is 0 Å². The van der Waals surface area contributed by atoms with Gasteiger partial charge in [-0.3, -0.25) is 9.59 Å². The number of likely N-dealkylation sites (N-methyl/N-ethyl adjacent to an activating group) is 1. The van der Waals surface area contributed by atoms with Gasteiger partial charge >= 0.3 is 17.9 Å². The predicted molar refractivity (Wildman–Crippen MR) is 257 cm³/mol. The number of ether oxygens (including phenoxy) is 3. The maximum Gasteiger partial charge on any atom is 0.362 e. The number of carboxylic acids is 1. The van der Waals surface area contributed by atoms with Gasteiger partial charge in [-0.05, 0) is 64.2 Å². The Hall–Kier alpha value is -2.19. The normalized spacial score (nSPS) is 13.0. The molecule has 61 heavy (non-hydrogen) atoms. The molecule has 0 fully saturated rings. The number of aliphatic carboxylic acids is 1. The lowest BCUT2D eigenvalue weighted by atomic mass is 10.1. The minimum absolute atomic E-state index is 0.0535. The number of rotatable bonds is 47. The Morgan fingerprint density at radius 2 is 0.820 bits per heavy atom. The van der Waals surface area contributed by atoms with Crippen LogP contribution in [0.4, 0.5) is 0 Å². The molecule has 1 N–H and O–H groups in total. The van der Waals surface area contributed by atoms with Gasteiger partial charge in [0.2, 0.25) is 0 Å². The first-order chi connectivity index (χ1) is 29.6. The van der Waals surface area contributed by atoms with E-state index >= 15 is 0 Å². The number of quaternary nitrogens is 1. The Morgan fingerprint density at radius 1 is 0.475 bits per heavy atom. The first kappa shape index (κ1) is 58.8. The maximum absolute atomic E-state index is 12.8. The molecule has 0 aliphatic rings.